The summed E-state index contributed by atoms with van der Waals surface area (Å²) in [7, 11) is 0. The molecule has 0 aliphatic rings. The van der Waals surface area contributed by atoms with Gasteiger partial charge in [-0.05, 0) is 76.3 Å². The number of carboxylic acids is 1. The van der Waals surface area contributed by atoms with Gasteiger partial charge in [-0.2, -0.15) is 0 Å². The number of aromatic hydroxyl groups is 1. The summed E-state index contributed by atoms with van der Waals surface area (Å²) in [5.74, 6) is -5.95. The maximum Gasteiger partial charge on any atom is 0.326 e. The third kappa shape index (κ3) is 15.6. The van der Waals surface area contributed by atoms with Crippen molar-refractivity contribution >= 4 is 41.4 Å². The van der Waals surface area contributed by atoms with Crippen molar-refractivity contribution in [2.45, 2.75) is 95.2 Å². The summed E-state index contributed by atoms with van der Waals surface area (Å²) in [6.45, 7) is 3.64. The van der Waals surface area contributed by atoms with E-state index in [-0.39, 0.29) is 25.0 Å². The number of hydrogen-bond donors (Lipinski definition) is 11. The van der Waals surface area contributed by atoms with Gasteiger partial charge in [-0.25, -0.2) is 4.79 Å². The third-order valence-corrected chi connectivity index (χ3v) is 8.21. The number of aliphatic hydroxyl groups excluding tert-OH is 1. The lowest BCUT2D eigenvalue weighted by Gasteiger charge is -2.26. The molecule has 6 amide bonds. The van der Waals surface area contributed by atoms with E-state index in [0.29, 0.717) is 30.5 Å². The summed E-state index contributed by atoms with van der Waals surface area (Å²) in [5, 5.41) is 43.8. The minimum absolute atomic E-state index is 0.0391. The molecule has 18 heteroatoms. The first-order chi connectivity index (χ1) is 25.5. The van der Waals surface area contributed by atoms with Crippen molar-refractivity contribution in [1.29, 1.82) is 0 Å². The second-order valence-corrected chi connectivity index (χ2v) is 12.9. The number of nitrogens with two attached hydrogens (primary N) is 2. The van der Waals surface area contributed by atoms with Crippen LogP contribution in [-0.2, 0) is 46.4 Å². The molecule has 2 aromatic rings. The highest BCUT2D eigenvalue weighted by molar-refractivity contribution is 5.96. The van der Waals surface area contributed by atoms with Crippen molar-refractivity contribution < 1.29 is 48.9 Å². The van der Waals surface area contributed by atoms with Gasteiger partial charge in [0.15, 0.2) is 0 Å². The molecule has 0 aliphatic heterocycles. The second-order valence-electron chi connectivity index (χ2n) is 12.9. The third-order valence-electron chi connectivity index (χ3n) is 8.21. The van der Waals surface area contributed by atoms with Crippen molar-refractivity contribution in [3.05, 3.63) is 65.7 Å². The summed E-state index contributed by atoms with van der Waals surface area (Å²) in [6.07, 6.45) is -0.256. The Morgan fingerprint density at radius 1 is 0.667 bits per heavy atom. The van der Waals surface area contributed by atoms with Crippen LogP contribution in [0.1, 0.15) is 51.2 Å². The lowest BCUT2D eigenvalue weighted by molar-refractivity contribution is -0.142. The molecule has 296 valence electrons. The number of rotatable bonds is 22. The van der Waals surface area contributed by atoms with Gasteiger partial charge in [0.1, 0.15) is 36.0 Å². The number of benzene rings is 2. The average Bonchev–Trinajstić information content (AvgIpc) is 3.12. The lowest BCUT2D eigenvalue weighted by atomic mass is 10.0. The molecule has 54 heavy (non-hydrogen) atoms. The molecule has 0 aliphatic carbocycles. The number of unbranched alkanes of at least 4 members (excludes halogenated alkanes) is 1. The van der Waals surface area contributed by atoms with E-state index in [9.17, 15) is 48.9 Å². The van der Waals surface area contributed by atoms with E-state index in [1.165, 1.54) is 32.9 Å². The maximum atomic E-state index is 13.3. The molecule has 2 aromatic carbocycles. The Morgan fingerprint density at radius 3 is 1.83 bits per heavy atom. The number of aliphatic carboxylic acids is 1. The Morgan fingerprint density at radius 2 is 1.24 bits per heavy atom. The van der Waals surface area contributed by atoms with Crippen LogP contribution in [0.2, 0.25) is 0 Å². The van der Waals surface area contributed by atoms with Crippen molar-refractivity contribution in [3.63, 3.8) is 0 Å². The van der Waals surface area contributed by atoms with Gasteiger partial charge in [-0.3, -0.25) is 28.8 Å². The molecule has 2 rings (SSSR count). The maximum absolute atomic E-state index is 13.3. The lowest BCUT2D eigenvalue weighted by Crippen LogP contribution is -2.59. The largest absolute Gasteiger partial charge is 0.508 e. The topological polar surface area (TPSA) is 304 Å². The van der Waals surface area contributed by atoms with Gasteiger partial charge >= 0.3 is 5.97 Å². The number of phenols is 1. The smallest absolute Gasteiger partial charge is 0.326 e. The Hall–Kier alpha value is -5.59. The number of amides is 6. The summed E-state index contributed by atoms with van der Waals surface area (Å²) in [5.41, 5.74) is 12.8. The SMILES string of the molecule is C[C@H](NC(=O)[C@H](C)NC(=O)[C@@H](N)Cc1ccc(O)cc1)C(=O)NCC(=O)N[C@H](C(=O)N[C@@H](Cc1ccccc1)C(=O)N[C@@H](CCCCN)C(=O)O)[C@@H](C)O. The van der Waals surface area contributed by atoms with Gasteiger partial charge in [-0.1, -0.05) is 42.5 Å². The molecule has 13 N–H and O–H groups in total. The number of aliphatic hydroxyl groups is 1. The highest BCUT2D eigenvalue weighted by Gasteiger charge is 2.32. The number of hydrogen-bond acceptors (Lipinski definition) is 11. The zero-order valence-corrected chi connectivity index (χ0v) is 30.5. The number of nitrogens with one attached hydrogen (secondary N) is 6. The van der Waals surface area contributed by atoms with Gasteiger partial charge < -0.3 is 58.7 Å². The standard InChI is InChI=1S/C36H52N8O10/c1-20(40-32(49)21(2)41-33(50)26(38)17-24-12-14-25(46)15-13-24)31(48)39-19-29(47)44-30(22(3)45)35(52)43-28(18-23-9-5-4-6-10-23)34(51)42-27(36(53)54)11-7-8-16-37/h4-6,9-10,12-15,20-22,26-28,30,45-46H,7-8,11,16-19,37-38H2,1-3H3,(H,39,48)(H,40,49)(H,41,50)(H,42,51)(H,43,52)(H,44,47)(H,53,54)/t20-,21-,22+,26-,27-,28-,30-/m0/s1. The summed E-state index contributed by atoms with van der Waals surface area (Å²) in [6, 6.07) is 7.36. The van der Waals surface area contributed by atoms with E-state index >= 15 is 0 Å². The van der Waals surface area contributed by atoms with Crippen molar-refractivity contribution in [2.75, 3.05) is 13.1 Å². The van der Waals surface area contributed by atoms with Crippen LogP contribution >= 0.6 is 0 Å². The van der Waals surface area contributed by atoms with E-state index < -0.39 is 90.3 Å². The predicted octanol–water partition coefficient (Wildman–Crippen LogP) is -2.32. The van der Waals surface area contributed by atoms with Crippen molar-refractivity contribution in [2.24, 2.45) is 11.5 Å². The Kier molecular flexibility index (Phi) is 18.5. The summed E-state index contributed by atoms with van der Waals surface area (Å²) in [4.78, 5) is 89.1. The van der Waals surface area contributed by atoms with Crippen LogP contribution in [0.3, 0.4) is 0 Å². The fourth-order valence-electron chi connectivity index (χ4n) is 5.06. The van der Waals surface area contributed by atoms with E-state index in [0.717, 1.165) is 0 Å². The minimum Gasteiger partial charge on any atom is -0.508 e. The van der Waals surface area contributed by atoms with Crippen LogP contribution in [0.5, 0.6) is 5.75 Å². The van der Waals surface area contributed by atoms with Gasteiger partial charge in [-0.15, -0.1) is 0 Å². The first kappa shape index (κ1) is 44.6. The Balaban J connectivity index is 1.96. The molecule has 0 saturated carbocycles. The minimum atomic E-state index is -1.58. The van der Waals surface area contributed by atoms with Crippen LogP contribution in [0, 0.1) is 0 Å². The summed E-state index contributed by atoms with van der Waals surface area (Å²) >= 11 is 0. The fraction of sp³-hybridized carbons (Fsp3) is 0.472. The molecule has 0 spiro atoms. The van der Waals surface area contributed by atoms with Gasteiger partial charge in [0, 0.05) is 6.42 Å². The quantitative estimate of drug-likeness (QED) is 0.0565. The monoisotopic (exact) mass is 756 g/mol. The predicted molar refractivity (Wildman–Crippen MR) is 196 cm³/mol. The van der Waals surface area contributed by atoms with E-state index in [1.807, 2.05) is 0 Å². The van der Waals surface area contributed by atoms with Crippen LogP contribution in [0.25, 0.3) is 0 Å². The zero-order chi connectivity index (χ0) is 40.4. The highest BCUT2D eigenvalue weighted by Crippen LogP contribution is 2.11. The van der Waals surface area contributed by atoms with Crippen LogP contribution in [0.15, 0.2) is 54.6 Å². The van der Waals surface area contributed by atoms with Gasteiger partial charge in [0.25, 0.3) is 0 Å². The normalized spacial score (nSPS) is 14.8. The molecule has 0 radical (unpaired) electrons. The molecule has 0 heterocycles. The number of carboxylic acid groups (broad SMARTS) is 1. The Bertz CT molecular complexity index is 1570. The second kappa shape index (κ2) is 22.5. The molecule has 0 saturated heterocycles. The molecule has 0 bridgehead atoms. The van der Waals surface area contributed by atoms with E-state index in [4.69, 9.17) is 11.5 Å². The first-order valence-corrected chi connectivity index (χ1v) is 17.5. The Labute approximate surface area is 313 Å². The molecular weight excluding hydrogens is 704 g/mol. The van der Waals surface area contributed by atoms with E-state index in [1.54, 1.807) is 42.5 Å². The zero-order valence-electron chi connectivity index (χ0n) is 30.5. The van der Waals surface area contributed by atoms with Crippen molar-refractivity contribution in [1.82, 2.24) is 31.9 Å². The van der Waals surface area contributed by atoms with Crippen LogP contribution < -0.4 is 43.4 Å². The average molecular weight is 757 g/mol. The van der Waals surface area contributed by atoms with Gasteiger partial charge in [0.2, 0.25) is 35.4 Å². The molecule has 18 nitrogen and oxygen atoms in total. The van der Waals surface area contributed by atoms with Crippen molar-refractivity contribution in [3.8, 4) is 5.75 Å². The number of phenolic OH excluding ortho intramolecular Hbond substituents is 1. The fourth-order valence-corrected chi connectivity index (χ4v) is 5.06. The van der Waals surface area contributed by atoms with Crippen LogP contribution in [-0.4, -0.2) is 112 Å². The number of carbonyl (C=O) groups excluding carboxylic acids is 6. The molecular formula is C36H52N8O10. The highest BCUT2D eigenvalue weighted by atomic mass is 16.4. The number of carbonyl (C=O) groups is 7. The molecule has 7 atom stereocenters. The van der Waals surface area contributed by atoms with Crippen LogP contribution in [0.4, 0.5) is 0 Å². The first-order valence-electron chi connectivity index (χ1n) is 17.5. The van der Waals surface area contributed by atoms with Gasteiger partial charge in [0.05, 0.1) is 18.7 Å². The van der Waals surface area contributed by atoms with E-state index in [2.05, 4.69) is 31.9 Å². The molecule has 0 fully saturated rings. The molecule has 0 unspecified atom stereocenters. The molecule has 0 aromatic heterocycles. The summed E-state index contributed by atoms with van der Waals surface area (Å²) < 4.78 is 0.